The zero-order valence-electron chi connectivity index (χ0n) is 7.97. The second kappa shape index (κ2) is 4.36. The zero-order valence-corrected chi connectivity index (χ0v) is 7.97. The van der Waals surface area contributed by atoms with Crippen LogP contribution in [0.2, 0.25) is 0 Å². The summed E-state index contributed by atoms with van der Waals surface area (Å²) in [6.45, 7) is 0. The van der Waals surface area contributed by atoms with Crippen LogP contribution < -0.4 is 5.32 Å². The summed E-state index contributed by atoms with van der Waals surface area (Å²) in [4.78, 5) is 15.5. The van der Waals surface area contributed by atoms with E-state index in [4.69, 9.17) is 0 Å². The maximum absolute atomic E-state index is 11.5. The Bertz CT molecular complexity index is 424. The van der Waals surface area contributed by atoms with Crippen molar-refractivity contribution in [1.82, 2.24) is 15.2 Å². The van der Waals surface area contributed by atoms with Gasteiger partial charge in [0.15, 0.2) is 0 Å². The predicted octanol–water partition coefficient (Wildman–Crippen LogP) is 0.986. The lowest BCUT2D eigenvalue weighted by Crippen LogP contribution is -2.15. The second-order valence-corrected chi connectivity index (χ2v) is 3.02. The number of carbonyl (C=O) groups is 1. The van der Waals surface area contributed by atoms with E-state index in [0.717, 1.165) is 5.69 Å². The normalized spacial score (nSPS) is 9.87. The van der Waals surface area contributed by atoms with Crippen molar-refractivity contribution in [2.75, 3.05) is 5.32 Å². The first kappa shape index (κ1) is 9.39. The molecule has 0 aromatic carbocycles. The standard InChI is InChI=1S/C10H10N4O/c15-10(13-9-4-6-12-14-9)7-8-3-1-2-5-11-8/h1-6H,7H2,(H2,12,13,14,15). The quantitative estimate of drug-likeness (QED) is 0.779. The van der Waals surface area contributed by atoms with Gasteiger partial charge in [-0.1, -0.05) is 6.07 Å². The van der Waals surface area contributed by atoms with Crippen molar-refractivity contribution in [3.05, 3.63) is 42.4 Å². The van der Waals surface area contributed by atoms with Crippen LogP contribution in [-0.2, 0) is 11.2 Å². The first-order chi connectivity index (χ1) is 7.34. The maximum Gasteiger partial charge on any atom is 0.231 e. The molecule has 0 radical (unpaired) electrons. The fourth-order valence-corrected chi connectivity index (χ4v) is 1.19. The molecule has 0 aliphatic carbocycles. The summed E-state index contributed by atoms with van der Waals surface area (Å²) in [6, 6.07) is 7.17. The van der Waals surface area contributed by atoms with Crippen molar-refractivity contribution >= 4 is 11.7 Å². The van der Waals surface area contributed by atoms with Crippen LogP contribution in [-0.4, -0.2) is 21.1 Å². The van der Waals surface area contributed by atoms with E-state index in [0.29, 0.717) is 5.82 Å². The largest absolute Gasteiger partial charge is 0.311 e. The van der Waals surface area contributed by atoms with Gasteiger partial charge in [-0.05, 0) is 12.1 Å². The summed E-state index contributed by atoms with van der Waals surface area (Å²) in [6.07, 6.45) is 3.51. The number of amides is 1. The Morgan fingerprint density at radius 3 is 2.93 bits per heavy atom. The smallest absolute Gasteiger partial charge is 0.231 e. The summed E-state index contributed by atoms with van der Waals surface area (Å²) in [5.41, 5.74) is 0.745. The Labute approximate surface area is 86.5 Å². The zero-order chi connectivity index (χ0) is 10.5. The van der Waals surface area contributed by atoms with Crippen LogP contribution in [0.4, 0.5) is 5.82 Å². The van der Waals surface area contributed by atoms with Gasteiger partial charge in [-0.2, -0.15) is 5.10 Å². The van der Waals surface area contributed by atoms with Gasteiger partial charge in [0.25, 0.3) is 0 Å². The van der Waals surface area contributed by atoms with Crippen LogP contribution in [0.15, 0.2) is 36.7 Å². The van der Waals surface area contributed by atoms with Gasteiger partial charge in [0, 0.05) is 18.0 Å². The Morgan fingerprint density at radius 1 is 1.33 bits per heavy atom. The molecule has 2 rings (SSSR count). The molecule has 0 spiro atoms. The number of pyridine rings is 1. The number of aromatic nitrogens is 3. The fourth-order valence-electron chi connectivity index (χ4n) is 1.19. The Hall–Kier alpha value is -2.17. The molecule has 0 saturated carbocycles. The number of rotatable bonds is 3. The van der Waals surface area contributed by atoms with Gasteiger partial charge in [0.1, 0.15) is 5.82 Å². The molecule has 15 heavy (non-hydrogen) atoms. The van der Waals surface area contributed by atoms with Gasteiger partial charge in [0.05, 0.1) is 12.6 Å². The summed E-state index contributed by atoms with van der Waals surface area (Å²) >= 11 is 0. The number of carbonyl (C=O) groups excluding carboxylic acids is 1. The monoisotopic (exact) mass is 202 g/mol. The van der Waals surface area contributed by atoms with Crippen molar-refractivity contribution in [2.24, 2.45) is 0 Å². The lowest BCUT2D eigenvalue weighted by Gasteiger charge is -2.01. The van der Waals surface area contributed by atoms with Crippen molar-refractivity contribution in [2.45, 2.75) is 6.42 Å². The van der Waals surface area contributed by atoms with E-state index in [9.17, 15) is 4.79 Å². The Morgan fingerprint density at radius 2 is 2.27 bits per heavy atom. The minimum atomic E-state index is -0.113. The molecule has 2 aromatic rings. The van der Waals surface area contributed by atoms with Crippen LogP contribution in [0, 0.1) is 0 Å². The summed E-state index contributed by atoms with van der Waals surface area (Å²) in [5, 5.41) is 9.05. The molecule has 0 unspecified atom stereocenters. The predicted molar refractivity (Wildman–Crippen MR) is 55.2 cm³/mol. The van der Waals surface area contributed by atoms with Gasteiger partial charge < -0.3 is 5.32 Å². The molecular formula is C10H10N4O. The van der Waals surface area contributed by atoms with E-state index in [1.807, 2.05) is 18.2 Å². The van der Waals surface area contributed by atoms with Gasteiger partial charge in [0.2, 0.25) is 5.91 Å². The molecule has 0 bridgehead atoms. The molecule has 5 nitrogen and oxygen atoms in total. The van der Waals surface area contributed by atoms with E-state index < -0.39 is 0 Å². The number of H-pyrrole nitrogens is 1. The van der Waals surface area contributed by atoms with Crippen molar-refractivity contribution < 1.29 is 4.79 Å². The first-order valence-corrected chi connectivity index (χ1v) is 4.54. The van der Waals surface area contributed by atoms with E-state index >= 15 is 0 Å². The van der Waals surface area contributed by atoms with E-state index in [1.54, 1.807) is 18.5 Å². The number of nitrogens with one attached hydrogen (secondary N) is 2. The SMILES string of the molecule is O=C(Cc1ccccn1)Nc1ccn[nH]1. The molecule has 0 aliphatic rings. The Kier molecular flexibility index (Phi) is 2.73. The third kappa shape index (κ3) is 2.63. The molecule has 2 aromatic heterocycles. The lowest BCUT2D eigenvalue weighted by atomic mass is 10.2. The molecule has 76 valence electrons. The van der Waals surface area contributed by atoms with Gasteiger partial charge in [-0.25, -0.2) is 0 Å². The number of hydrogen-bond acceptors (Lipinski definition) is 3. The number of nitrogens with zero attached hydrogens (tertiary/aromatic N) is 2. The summed E-state index contributed by atoms with van der Waals surface area (Å²) < 4.78 is 0. The second-order valence-electron chi connectivity index (χ2n) is 3.02. The molecular weight excluding hydrogens is 192 g/mol. The van der Waals surface area contributed by atoms with Crippen molar-refractivity contribution in [1.29, 1.82) is 0 Å². The summed E-state index contributed by atoms with van der Waals surface area (Å²) in [7, 11) is 0. The molecule has 2 N–H and O–H groups in total. The number of anilines is 1. The van der Waals surface area contributed by atoms with Gasteiger partial charge in [-0.15, -0.1) is 0 Å². The minimum Gasteiger partial charge on any atom is -0.311 e. The first-order valence-electron chi connectivity index (χ1n) is 4.54. The van der Waals surface area contributed by atoms with Crippen LogP contribution in [0.25, 0.3) is 0 Å². The van der Waals surface area contributed by atoms with Gasteiger partial charge in [-0.3, -0.25) is 14.9 Å². The highest BCUT2D eigenvalue weighted by Gasteiger charge is 2.04. The number of aromatic amines is 1. The summed E-state index contributed by atoms with van der Waals surface area (Å²) in [5.74, 6) is 0.480. The molecule has 0 aliphatic heterocycles. The molecule has 5 heteroatoms. The Balaban J connectivity index is 1.94. The van der Waals surface area contributed by atoms with Gasteiger partial charge >= 0.3 is 0 Å². The lowest BCUT2D eigenvalue weighted by molar-refractivity contribution is -0.115. The van der Waals surface area contributed by atoms with Crippen LogP contribution in [0.5, 0.6) is 0 Å². The molecule has 0 fully saturated rings. The van der Waals surface area contributed by atoms with Crippen molar-refractivity contribution in [3.8, 4) is 0 Å². The highest BCUT2D eigenvalue weighted by atomic mass is 16.1. The number of hydrogen-bond donors (Lipinski definition) is 2. The molecule has 0 saturated heterocycles. The minimum absolute atomic E-state index is 0.113. The third-order valence-electron chi connectivity index (χ3n) is 1.84. The fraction of sp³-hybridized carbons (Fsp3) is 0.100. The van der Waals surface area contributed by atoms with Crippen LogP contribution in [0.3, 0.4) is 0 Å². The molecule has 0 atom stereocenters. The maximum atomic E-state index is 11.5. The van der Waals surface area contributed by atoms with Crippen LogP contribution in [0.1, 0.15) is 5.69 Å². The van der Waals surface area contributed by atoms with E-state index in [1.165, 1.54) is 0 Å². The van der Waals surface area contributed by atoms with E-state index in [-0.39, 0.29) is 12.3 Å². The highest BCUT2D eigenvalue weighted by molar-refractivity contribution is 5.90. The molecule has 2 heterocycles. The molecule has 1 amide bonds. The average Bonchev–Trinajstić information content (AvgIpc) is 2.71. The van der Waals surface area contributed by atoms with Crippen LogP contribution >= 0.6 is 0 Å². The van der Waals surface area contributed by atoms with Crippen molar-refractivity contribution in [3.63, 3.8) is 0 Å². The topological polar surface area (TPSA) is 70.7 Å². The highest BCUT2D eigenvalue weighted by Crippen LogP contribution is 2.01. The third-order valence-corrected chi connectivity index (χ3v) is 1.84. The van der Waals surface area contributed by atoms with E-state index in [2.05, 4.69) is 20.5 Å². The average molecular weight is 202 g/mol.